The van der Waals surface area contributed by atoms with Gasteiger partial charge in [-0.1, -0.05) is 0 Å². The smallest absolute Gasteiger partial charge is 0.211 e. The van der Waals surface area contributed by atoms with Gasteiger partial charge < -0.3 is 20.1 Å². The molecule has 9 heteroatoms. The number of hydrogen-bond donors (Lipinski definition) is 3. The summed E-state index contributed by atoms with van der Waals surface area (Å²) in [6, 6.07) is 0. The summed E-state index contributed by atoms with van der Waals surface area (Å²) < 4.78 is 36.3. The molecule has 3 N–H and O–H groups in total. The van der Waals surface area contributed by atoms with E-state index in [-0.39, 0.29) is 11.9 Å². The highest BCUT2D eigenvalue weighted by atomic mass is 32.2. The quantitative estimate of drug-likeness (QED) is 0.257. The van der Waals surface area contributed by atoms with Crippen molar-refractivity contribution >= 4 is 16.0 Å². The Bertz CT molecular complexity index is 450. The monoisotopic (exact) mass is 364 g/mol. The SMILES string of the molecule is CCNC(=NCCCOCC1CCCO1)NCCNS(=O)(=O)CC. The number of hydrogen-bond acceptors (Lipinski definition) is 5. The van der Waals surface area contributed by atoms with Crippen LogP contribution in [0, 0.1) is 0 Å². The predicted molar refractivity (Wildman–Crippen MR) is 95.9 cm³/mol. The van der Waals surface area contributed by atoms with Crippen molar-refractivity contribution in [2.75, 3.05) is 51.8 Å². The molecule has 0 spiro atoms. The zero-order valence-electron chi connectivity index (χ0n) is 14.8. The molecule has 142 valence electrons. The third kappa shape index (κ3) is 10.1. The van der Waals surface area contributed by atoms with E-state index in [4.69, 9.17) is 9.47 Å². The molecule has 8 nitrogen and oxygen atoms in total. The van der Waals surface area contributed by atoms with E-state index in [2.05, 4.69) is 20.3 Å². The maximum absolute atomic E-state index is 11.3. The van der Waals surface area contributed by atoms with Crippen LogP contribution in [0.4, 0.5) is 0 Å². The molecule has 1 aliphatic rings. The van der Waals surface area contributed by atoms with E-state index >= 15 is 0 Å². The molecule has 0 aliphatic carbocycles. The molecule has 0 amide bonds. The molecule has 0 aromatic carbocycles. The van der Waals surface area contributed by atoms with Crippen molar-refractivity contribution < 1.29 is 17.9 Å². The summed E-state index contributed by atoms with van der Waals surface area (Å²) in [5.74, 6) is 0.778. The zero-order valence-corrected chi connectivity index (χ0v) is 15.7. The van der Waals surface area contributed by atoms with Crippen molar-refractivity contribution in [2.45, 2.75) is 39.2 Å². The Morgan fingerprint density at radius 1 is 1.29 bits per heavy atom. The minimum Gasteiger partial charge on any atom is -0.379 e. The van der Waals surface area contributed by atoms with E-state index < -0.39 is 10.0 Å². The first-order valence-corrected chi connectivity index (χ1v) is 10.4. The third-order valence-corrected chi connectivity index (χ3v) is 4.91. The molecule has 1 unspecified atom stereocenters. The molecule has 1 saturated heterocycles. The van der Waals surface area contributed by atoms with E-state index in [1.54, 1.807) is 6.92 Å². The number of nitrogens with one attached hydrogen (secondary N) is 3. The number of rotatable bonds is 12. The summed E-state index contributed by atoms with van der Waals surface area (Å²) in [6.45, 7) is 8.02. The maximum Gasteiger partial charge on any atom is 0.211 e. The molecule has 1 atom stereocenters. The molecule has 0 bridgehead atoms. The fourth-order valence-corrected chi connectivity index (χ4v) is 2.80. The number of aliphatic imine (C=N–C) groups is 1. The Morgan fingerprint density at radius 3 is 2.79 bits per heavy atom. The lowest BCUT2D eigenvalue weighted by atomic mass is 10.2. The number of ether oxygens (including phenoxy) is 2. The van der Waals surface area contributed by atoms with Crippen LogP contribution in [0.15, 0.2) is 4.99 Å². The van der Waals surface area contributed by atoms with Crippen LogP contribution in [0.5, 0.6) is 0 Å². The molecule has 0 saturated carbocycles. The summed E-state index contributed by atoms with van der Waals surface area (Å²) in [5, 5.41) is 6.23. The normalized spacial score (nSPS) is 18.8. The zero-order chi connectivity index (χ0) is 17.7. The van der Waals surface area contributed by atoms with Crippen LogP contribution in [0.3, 0.4) is 0 Å². The van der Waals surface area contributed by atoms with Gasteiger partial charge in [0, 0.05) is 39.4 Å². The number of sulfonamides is 1. The Hall–Kier alpha value is -0.900. The van der Waals surface area contributed by atoms with E-state index in [1.165, 1.54) is 0 Å². The van der Waals surface area contributed by atoms with Crippen LogP contribution in [-0.2, 0) is 19.5 Å². The lowest BCUT2D eigenvalue weighted by Gasteiger charge is -2.12. The Labute approximate surface area is 145 Å². The molecule has 1 fully saturated rings. The summed E-state index contributed by atoms with van der Waals surface area (Å²) in [6.07, 6.45) is 3.32. The fraction of sp³-hybridized carbons (Fsp3) is 0.933. The Morgan fingerprint density at radius 2 is 2.12 bits per heavy atom. The van der Waals surface area contributed by atoms with Crippen LogP contribution in [0.25, 0.3) is 0 Å². The minimum atomic E-state index is -3.14. The van der Waals surface area contributed by atoms with Crippen molar-refractivity contribution in [2.24, 2.45) is 4.99 Å². The van der Waals surface area contributed by atoms with Crippen LogP contribution < -0.4 is 15.4 Å². The van der Waals surface area contributed by atoms with Gasteiger partial charge in [-0.05, 0) is 33.1 Å². The Balaban J connectivity index is 2.12. The molecule has 0 aromatic heterocycles. The van der Waals surface area contributed by atoms with Crippen molar-refractivity contribution in [3.8, 4) is 0 Å². The topological polar surface area (TPSA) is 101 Å². The standard InChI is InChI=1S/C15H32N4O4S/c1-3-16-15(18-9-10-19-24(20,21)4-2)17-8-6-11-22-13-14-7-5-12-23-14/h14,19H,3-13H2,1-2H3,(H2,16,17,18). The van der Waals surface area contributed by atoms with Crippen LogP contribution >= 0.6 is 0 Å². The Kier molecular flexibility index (Phi) is 11.0. The lowest BCUT2D eigenvalue weighted by Crippen LogP contribution is -2.41. The average molecular weight is 365 g/mol. The molecule has 1 aliphatic heterocycles. The second-order valence-corrected chi connectivity index (χ2v) is 7.64. The second-order valence-electron chi connectivity index (χ2n) is 5.55. The fourth-order valence-electron chi connectivity index (χ4n) is 2.18. The van der Waals surface area contributed by atoms with Gasteiger partial charge in [0.1, 0.15) is 0 Å². The number of guanidine groups is 1. The largest absolute Gasteiger partial charge is 0.379 e. The lowest BCUT2D eigenvalue weighted by molar-refractivity contribution is 0.0171. The van der Waals surface area contributed by atoms with E-state index in [0.717, 1.165) is 32.4 Å². The van der Waals surface area contributed by atoms with Crippen LogP contribution in [0.1, 0.15) is 33.1 Å². The van der Waals surface area contributed by atoms with Crippen molar-refractivity contribution in [3.05, 3.63) is 0 Å². The van der Waals surface area contributed by atoms with Gasteiger partial charge in [-0.25, -0.2) is 13.1 Å². The summed E-state index contributed by atoms with van der Waals surface area (Å²) in [7, 11) is -3.14. The highest BCUT2D eigenvalue weighted by molar-refractivity contribution is 7.89. The molecular formula is C15H32N4O4S. The first-order valence-electron chi connectivity index (χ1n) is 8.76. The molecule has 24 heavy (non-hydrogen) atoms. The van der Waals surface area contributed by atoms with Crippen LogP contribution in [-0.4, -0.2) is 72.2 Å². The first-order chi connectivity index (χ1) is 11.6. The van der Waals surface area contributed by atoms with E-state index in [9.17, 15) is 8.42 Å². The summed E-state index contributed by atoms with van der Waals surface area (Å²) >= 11 is 0. The van der Waals surface area contributed by atoms with Gasteiger partial charge in [-0.15, -0.1) is 0 Å². The number of nitrogens with zero attached hydrogens (tertiary/aromatic N) is 1. The van der Waals surface area contributed by atoms with Crippen molar-refractivity contribution in [1.29, 1.82) is 0 Å². The summed E-state index contributed by atoms with van der Waals surface area (Å²) in [4.78, 5) is 4.44. The minimum absolute atomic E-state index is 0.0903. The molecule has 1 rings (SSSR count). The molecule has 1 heterocycles. The predicted octanol–water partition coefficient (Wildman–Crippen LogP) is 0.0665. The van der Waals surface area contributed by atoms with Gasteiger partial charge in [0.05, 0.1) is 18.5 Å². The summed E-state index contributed by atoms with van der Waals surface area (Å²) in [5.41, 5.74) is 0. The van der Waals surface area contributed by atoms with E-state index in [1.807, 2.05) is 6.92 Å². The van der Waals surface area contributed by atoms with Gasteiger partial charge in [-0.2, -0.15) is 0 Å². The van der Waals surface area contributed by atoms with Gasteiger partial charge in [-0.3, -0.25) is 4.99 Å². The first kappa shape index (κ1) is 21.1. The second kappa shape index (κ2) is 12.5. The van der Waals surface area contributed by atoms with Gasteiger partial charge >= 0.3 is 0 Å². The van der Waals surface area contributed by atoms with Gasteiger partial charge in [0.2, 0.25) is 10.0 Å². The highest BCUT2D eigenvalue weighted by Crippen LogP contribution is 2.11. The van der Waals surface area contributed by atoms with Gasteiger partial charge in [0.25, 0.3) is 0 Å². The average Bonchev–Trinajstić information content (AvgIpc) is 3.08. The van der Waals surface area contributed by atoms with Crippen LogP contribution in [0.2, 0.25) is 0 Å². The van der Waals surface area contributed by atoms with Crippen molar-refractivity contribution in [3.63, 3.8) is 0 Å². The van der Waals surface area contributed by atoms with Gasteiger partial charge in [0.15, 0.2) is 5.96 Å². The maximum atomic E-state index is 11.3. The third-order valence-electron chi connectivity index (χ3n) is 3.51. The van der Waals surface area contributed by atoms with Crippen molar-refractivity contribution in [1.82, 2.24) is 15.4 Å². The van der Waals surface area contributed by atoms with E-state index in [0.29, 0.717) is 38.8 Å². The molecule has 0 radical (unpaired) electrons. The molecule has 0 aromatic rings. The highest BCUT2D eigenvalue weighted by Gasteiger charge is 2.14. The molecular weight excluding hydrogens is 332 g/mol.